The van der Waals surface area contributed by atoms with E-state index in [0.29, 0.717) is 22.9 Å². The summed E-state index contributed by atoms with van der Waals surface area (Å²) in [4.78, 5) is 29.3. The second-order valence-electron chi connectivity index (χ2n) is 8.09. The third kappa shape index (κ3) is 5.74. The molecule has 0 aliphatic carbocycles. The van der Waals surface area contributed by atoms with E-state index in [1.807, 2.05) is 19.1 Å². The predicted octanol–water partition coefficient (Wildman–Crippen LogP) is 3.29. The van der Waals surface area contributed by atoms with Gasteiger partial charge in [-0.05, 0) is 49.7 Å². The number of nitrogens with one attached hydrogen (secondary N) is 1. The molecule has 0 saturated carbocycles. The van der Waals surface area contributed by atoms with E-state index < -0.39 is 21.3 Å². The second kappa shape index (κ2) is 10.2. The minimum Gasteiger partial charge on any atom is -0.485 e. The molecule has 188 valence electrons. The molecule has 0 radical (unpaired) electrons. The lowest BCUT2D eigenvalue weighted by Gasteiger charge is -2.14. The Hall–Kier alpha value is -4.12. The van der Waals surface area contributed by atoms with Crippen molar-refractivity contribution in [1.29, 1.82) is 0 Å². The molecular weight excluding hydrogens is 486 g/mol. The molecule has 36 heavy (non-hydrogen) atoms. The Bertz CT molecular complexity index is 1590. The van der Waals surface area contributed by atoms with E-state index in [0.717, 1.165) is 10.1 Å². The summed E-state index contributed by atoms with van der Waals surface area (Å²) in [6, 6.07) is 14.3. The van der Waals surface area contributed by atoms with Gasteiger partial charge in [0.25, 0.3) is 11.5 Å². The van der Waals surface area contributed by atoms with Crippen molar-refractivity contribution in [3.63, 3.8) is 0 Å². The first-order valence-corrected chi connectivity index (χ1v) is 12.8. The summed E-state index contributed by atoms with van der Waals surface area (Å²) in [6.07, 6.45) is 0. The summed E-state index contributed by atoms with van der Waals surface area (Å²) < 4.78 is 42.5. The molecule has 4 aromatic rings. The van der Waals surface area contributed by atoms with Gasteiger partial charge in [0.15, 0.2) is 22.1 Å². The van der Waals surface area contributed by atoms with Gasteiger partial charge in [0.1, 0.15) is 23.9 Å². The number of aryl methyl sites for hydroxylation is 2. The van der Waals surface area contributed by atoms with Gasteiger partial charge < -0.3 is 19.3 Å². The van der Waals surface area contributed by atoms with Crippen LogP contribution in [0, 0.1) is 13.8 Å². The zero-order chi connectivity index (χ0) is 25.9. The number of carbonyl (C=O) groups is 1. The Morgan fingerprint density at radius 1 is 1.08 bits per heavy atom. The van der Waals surface area contributed by atoms with E-state index in [4.69, 9.17) is 14.0 Å². The van der Waals surface area contributed by atoms with Crippen molar-refractivity contribution in [3.05, 3.63) is 82.0 Å². The van der Waals surface area contributed by atoms with Gasteiger partial charge in [0.05, 0.1) is 22.0 Å². The van der Waals surface area contributed by atoms with Gasteiger partial charge in [0, 0.05) is 12.1 Å². The molecule has 0 saturated heterocycles. The van der Waals surface area contributed by atoms with Gasteiger partial charge in [-0.1, -0.05) is 19.1 Å². The van der Waals surface area contributed by atoms with Crippen LogP contribution in [-0.2, 0) is 21.2 Å². The fraction of sp³-hybridized carbons (Fsp3) is 0.240. The number of hydrogen-bond donors (Lipinski definition) is 1. The van der Waals surface area contributed by atoms with Crippen LogP contribution in [0.15, 0.2) is 68.8 Å². The molecule has 2 aromatic carbocycles. The van der Waals surface area contributed by atoms with Crippen molar-refractivity contribution in [3.8, 4) is 11.5 Å². The largest absolute Gasteiger partial charge is 0.485 e. The maximum absolute atomic E-state index is 12.6. The van der Waals surface area contributed by atoms with Gasteiger partial charge in [0.2, 0.25) is 0 Å². The highest BCUT2D eigenvalue weighted by Crippen LogP contribution is 2.29. The predicted molar refractivity (Wildman–Crippen MR) is 132 cm³/mol. The lowest BCUT2D eigenvalue weighted by atomic mass is 10.2. The molecule has 11 heteroatoms. The van der Waals surface area contributed by atoms with Gasteiger partial charge in [-0.3, -0.25) is 9.59 Å². The Labute approximate surface area is 207 Å². The number of nitrogens with zero attached hydrogens (tertiary/aromatic N) is 2. The second-order valence-corrected chi connectivity index (χ2v) is 10.4. The van der Waals surface area contributed by atoms with Gasteiger partial charge in [-0.2, -0.15) is 0 Å². The van der Waals surface area contributed by atoms with Crippen molar-refractivity contribution < 1.29 is 27.2 Å². The first-order chi connectivity index (χ1) is 17.1. The molecule has 0 atom stereocenters. The van der Waals surface area contributed by atoms with E-state index >= 15 is 0 Å². The van der Waals surface area contributed by atoms with Crippen LogP contribution in [0.2, 0.25) is 0 Å². The van der Waals surface area contributed by atoms with Crippen LogP contribution in [0.25, 0.3) is 5.65 Å². The number of benzene rings is 2. The van der Waals surface area contributed by atoms with Crippen LogP contribution in [0.1, 0.15) is 23.9 Å². The van der Waals surface area contributed by atoms with Crippen LogP contribution in [0.3, 0.4) is 0 Å². The maximum atomic E-state index is 12.6. The minimum atomic E-state index is -3.53. The van der Waals surface area contributed by atoms with E-state index in [1.165, 1.54) is 31.2 Å². The quantitative estimate of drug-likeness (QED) is 0.362. The molecule has 2 aromatic heterocycles. The van der Waals surface area contributed by atoms with Crippen molar-refractivity contribution in [2.24, 2.45) is 0 Å². The number of amides is 1. The van der Waals surface area contributed by atoms with E-state index in [2.05, 4.69) is 10.3 Å². The minimum absolute atomic E-state index is 0.0407. The molecule has 0 aliphatic heterocycles. The van der Waals surface area contributed by atoms with E-state index in [1.54, 1.807) is 25.1 Å². The van der Waals surface area contributed by atoms with Crippen LogP contribution in [-0.4, -0.2) is 36.2 Å². The highest BCUT2D eigenvalue weighted by Gasteiger charge is 2.17. The van der Waals surface area contributed by atoms with Crippen molar-refractivity contribution >= 4 is 27.1 Å². The molecule has 0 fully saturated rings. The summed E-state index contributed by atoms with van der Waals surface area (Å²) in [7, 11) is -3.53. The van der Waals surface area contributed by atoms with Gasteiger partial charge >= 0.3 is 0 Å². The summed E-state index contributed by atoms with van der Waals surface area (Å²) in [5.41, 5.74) is 1.41. The van der Waals surface area contributed by atoms with Crippen molar-refractivity contribution in [1.82, 2.24) is 9.56 Å². The monoisotopic (exact) mass is 511 g/mol. The molecule has 10 nitrogen and oxygen atoms in total. The normalized spacial score (nSPS) is 11.4. The molecule has 1 N–H and O–H groups in total. The molecular formula is C25H25N3O7S. The molecule has 2 heterocycles. The molecule has 0 unspecified atom stereocenters. The Kier molecular flexibility index (Phi) is 7.11. The first-order valence-electron chi connectivity index (χ1n) is 11.1. The third-order valence-electron chi connectivity index (χ3n) is 5.22. The Balaban J connectivity index is 1.55. The smallest absolute Gasteiger partial charge is 0.287 e. The fourth-order valence-corrected chi connectivity index (χ4v) is 4.34. The highest BCUT2D eigenvalue weighted by molar-refractivity contribution is 7.91. The molecule has 1 amide bonds. The number of anilines is 1. The Morgan fingerprint density at radius 3 is 2.64 bits per heavy atom. The topological polar surface area (TPSA) is 129 Å². The number of fused-ring (bicyclic) bond motifs is 1. The number of ether oxygens (including phenoxy) is 2. The SMILES string of the molecule is CCS(=O)(=O)c1ccc(OCc2cc(=O)n3oc(C)cc3n2)c(NC(=O)COc2cccc(C)c2)c1. The van der Waals surface area contributed by atoms with Crippen molar-refractivity contribution in [2.75, 3.05) is 17.7 Å². The molecule has 0 spiro atoms. The fourth-order valence-electron chi connectivity index (χ4n) is 3.43. The van der Waals surface area contributed by atoms with E-state index in [9.17, 15) is 18.0 Å². The number of rotatable bonds is 9. The molecule has 0 bridgehead atoms. The third-order valence-corrected chi connectivity index (χ3v) is 6.96. The lowest BCUT2D eigenvalue weighted by molar-refractivity contribution is -0.118. The van der Waals surface area contributed by atoms with Crippen LogP contribution < -0.4 is 20.3 Å². The number of sulfone groups is 1. The number of hydrogen-bond acceptors (Lipinski definition) is 8. The average Bonchev–Trinajstić information content (AvgIpc) is 3.22. The standard InChI is InChI=1S/C25H25N3O7S/c1-4-36(31,32)20-8-9-22(34-14-18-12-25(30)28-23(26-18)11-17(3)35-28)21(13-20)27-24(29)15-33-19-7-5-6-16(2)10-19/h5-13H,4,14-15H2,1-3H3,(H,27,29). The van der Waals surface area contributed by atoms with Gasteiger partial charge in [-0.25, -0.2) is 13.4 Å². The van der Waals surface area contributed by atoms with Gasteiger partial charge in [-0.15, -0.1) is 4.57 Å². The zero-order valence-corrected chi connectivity index (χ0v) is 20.8. The van der Waals surface area contributed by atoms with Crippen LogP contribution in [0.4, 0.5) is 5.69 Å². The Morgan fingerprint density at radius 2 is 1.89 bits per heavy atom. The summed E-state index contributed by atoms with van der Waals surface area (Å²) >= 11 is 0. The summed E-state index contributed by atoms with van der Waals surface area (Å²) in [5.74, 6) is 0.669. The maximum Gasteiger partial charge on any atom is 0.287 e. The molecule has 0 aliphatic rings. The van der Waals surface area contributed by atoms with Crippen LogP contribution in [0.5, 0.6) is 11.5 Å². The van der Waals surface area contributed by atoms with E-state index in [-0.39, 0.29) is 35.3 Å². The van der Waals surface area contributed by atoms with Crippen molar-refractivity contribution in [2.45, 2.75) is 32.3 Å². The number of aromatic nitrogens is 2. The molecule has 4 rings (SSSR count). The summed E-state index contributed by atoms with van der Waals surface area (Å²) in [5, 5.41) is 2.66. The lowest BCUT2D eigenvalue weighted by Crippen LogP contribution is -2.21. The summed E-state index contributed by atoms with van der Waals surface area (Å²) in [6.45, 7) is 4.76. The number of carbonyl (C=O) groups excluding carboxylic acids is 1. The highest BCUT2D eigenvalue weighted by atomic mass is 32.2. The first kappa shape index (κ1) is 25.0. The zero-order valence-electron chi connectivity index (χ0n) is 20.0. The average molecular weight is 512 g/mol. The van der Waals surface area contributed by atoms with Crippen LogP contribution >= 0.6 is 0 Å².